The molecule has 0 fully saturated rings. The summed E-state index contributed by atoms with van der Waals surface area (Å²) in [5, 5.41) is 0. The molecule has 0 aliphatic heterocycles. The molecular weight excluding hydrogens is 232 g/mol. The molecule has 17 heavy (non-hydrogen) atoms. The van der Waals surface area contributed by atoms with Crippen LogP contribution >= 0.6 is 12.2 Å². The summed E-state index contributed by atoms with van der Waals surface area (Å²) in [7, 11) is 0. The Morgan fingerprint density at radius 2 is 2.06 bits per heavy atom. The Balaban J connectivity index is 2.44. The fraction of sp³-hybridized carbons (Fsp3) is 0.692. The van der Waals surface area contributed by atoms with Crippen molar-refractivity contribution in [2.24, 2.45) is 0 Å². The van der Waals surface area contributed by atoms with Gasteiger partial charge in [-0.05, 0) is 46.5 Å². The van der Waals surface area contributed by atoms with E-state index in [-0.39, 0.29) is 0 Å². The number of aromatic amines is 1. The molecule has 0 unspecified atom stereocenters. The minimum atomic E-state index is -0.394. The third-order valence-electron chi connectivity index (χ3n) is 3.28. The van der Waals surface area contributed by atoms with Crippen molar-refractivity contribution in [3.8, 4) is 0 Å². The smallest absolute Gasteiger partial charge is 0.139 e. The second-order valence-corrected chi connectivity index (χ2v) is 5.38. The molecule has 0 amide bonds. The predicted molar refractivity (Wildman–Crippen MR) is 70.7 cm³/mol. The van der Waals surface area contributed by atoms with Gasteiger partial charge < -0.3 is 9.72 Å². The Labute approximate surface area is 108 Å². The number of aromatic nitrogens is 2. The lowest BCUT2D eigenvalue weighted by Crippen LogP contribution is -2.26. The van der Waals surface area contributed by atoms with E-state index in [9.17, 15) is 0 Å². The van der Waals surface area contributed by atoms with E-state index in [1.165, 1.54) is 24.1 Å². The number of hydrogen-bond acceptors (Lipinski definition) is 3. The Bertz CT molecular complexity index is 465. The number of aryl methyl sites for hydroxylation is 1. The normalized spacial score (nSPS) is 15.7. The Kier molecular flexibility index (Phi) is 3.64. The maximum atomic E-state index is 5.72. The number of fused-ring (bicyclic) bond motifs is 1. The molecule has 0 aromatic carbocycles. The molecule has 0 saturated carbocycles. The minimum Gasteiger partial charge on any atom is -0.368 e. The van der Waals surface area contributed by atoms with Gasteiger partial charge >= 0.3 is 0 Å². The van der Waals surface area contributed by atoms with Crippen LogP contribution in [0.2, 0.25) is 0 Å². The van der Waals surface area contributed by atoms with E-state index in [1.807, 2.05) is 20.8 Å². The maximum absolute atomic E-state index is 5.72. The van der Waals surface area contributed by atoms with Crippen molar-refractivity contribution in [2.75, 3.05) is 6.61 Å². The zero-order valence-corrected chi connectivity index (χ0v) is 11.6. The molecule has 94 valence electrons. The molecule has 1 aromatic heterocycles. The van der Waals surface area contributed by atoms with E-state index in [4.69, 9.17) is 17.0 Å². The highest BCUT2D eigenvalue weighted by molar-refractivity contribution is 7.71. The summed E-state index contributed by atoms with van der Waals surface area (Å²) in [6.07, 6.45) is 4.60. The largest absolute Gasteiger partial charge is 0.368 e. The van der Waals surface area contributed by atoms with Crippen molar-refractivity contribution in [2.45, 2.75) is 52.1 Å². The van der Waals surface area contributed by atoms with Crippen LogP contribution in [0.5, 0.6) is 0 Å². The zero-order valence-electron chi connectivity index (χ0n) is 10.8. The zero-order chi connectivity index (χ0) is 12.5. The van der Waals surface area contributed by atoms with Gasteiger partial charge in [-0.3, -0.25) is 0 Å². The molecule has 0 spiro atoms. The van der Waals surface area contributed by atoms with Crippen LogP contribution in [-0.4, -0.2) is 16.6 Å². The average Bonchev–Trinajstić information content (AvgIpc) is 2.29. The monoisotopic (exact) mass is 252 g/mol. The first-order valence-electron chi connectivity index (χ1n) is 6.31. The average molecular weight is 252 g/mol. The summed E-state index contributed by atoms with van der Waals surface area (Å²) in [6, 6.07) is 0. The van der Waals surface area contributed by atoms with Crippen molar-refractivity contribution >= 4 is 12.2 Å². The number of rotatable bonds is 3. The van der Waals surface area contributed by atoms with Gasteiger partial charge in [0.1, 0.15) is 16.1 Å². The highest BCUT2D eigenvalue weighted by Crippen LogP contribution is 2.25. The van der Waals surface area contributed by atoms with E-state index >= 15 is 0 Å². The van der Waals surface area contributed by atoms with Gasteiger partial charge in [0.25, 0.3) is 0 Å². The lowest BCUT2D eigenvalue weighted by atomic mass is 9.97. The van der Waals surface area contributed by atoms with Gasteiger partial charge in [-0.1, -0.05) is 12.2 Å². The molecule has 1 aliphatic carbocycles. The first-order valence-corrected chi connectivity index (χ1v) is 6.72. The summed E-state index contributed by atoms with van der Waals surface area (Å²) in [5.74, 6) is 0.852. The summed E-state index contributed by atoms with van der Waals surface area (Å²) >= 11 is 5.39. The van der Waals surface area contributed by atoms with Crippen molar-refractivity contribution in [3.05, 3.63) is 21.7 Å². The number of nitrogens with one attached hydrogen (secondary N) is 1. The Morgan fingerprint density at radius 1 is 1.35 bits per heavy atom. The van der Waals surface area contributed by atoms with E-state index in [0.717, 1.165) is 23.3 Å². The SMILES string of the molecule is CCOC(C)(C)c1nc(=S)c2c([nH]1)CCCC2. The first-order chi connectivity index (χ1) is 8.04. The molecule has 1 aliphatic rings. The lowest BCUT2D eigenvalue weighted by molar-refractivity contribution is -0.0211. The molecule has 0 radical (unpaired) electrons. The first kappa shape index (κ1) is 12.7. The maximum Gasteiger partial charge on any atom is 0.139 e. The standard InChI is InChI=1S/C13H20N2OS/c1-4-16-13(2,3)12-14-10-8-6-5-7-9(10)11(17)15-12/h4-8H2,1-3H3,(H,14,15,17). The molecule has 1 aromatic rings. The molecule has 0 saturated heterocycles. The molecule has 3 nitrogen and oxygen atoms in total. The van der Waals surface area contributed by atoms with Crippen molar-refractivity contribution in [1.82, 2.24) is 9.97 Å². The Morgan fingerprint density at radius 3 is 2.76 bits per heavy atom. The van der Waals surface area contributed by atoms with E-state index < -0.39 is 5.60 Å². The van der Waals surface area contributed by atoms with Crippen molar-refractivity contribution < 1.29 is 4.74 Å². The molecule has 0 bridgehead atoms. The molecule has 0 atom stereocenters. The Hall–Kier alpha value is -0.740. The number of ether oxygens (including phenoxy) is 1. The second kappa shape index (κ2) is 4.86. The second-order valence-electron chi connectivity index (χ2n) is 5.00. The fourth-order valence-electron chi connectivity index (χ4n) is 2.33. The van der Waals surface area contributed by atoms with Crippen LogP contribution in [-0.2, 0) is 23.2 Å². The highest BCUT2D eigenvalue weighted by atomic mass is 32.1. The van der Waals surface area contributed by atoms with Crippen LogP contribution in [0.15, 0.2) is 0 Å². The van der Waals surface area contributed by atoms with Gasteiger partial charge in [0.2, 0.25) is 0 Å². The van der Waals surface area contributed by atoms with Crippen molar-refractivity contribution in [3.63, 3.8) is 0 Å². The quantitative estimate of drug-likeness (QED) is 0.839. The minimum absolute atomic E-state index is 0.394. The van der Waals surface area contributed by atoms with Crippen LogP contribution < -0.4 is 0 Å². The van der Waals surface area contributed by atoms with Crippen LogP contribution in [0.25, 0.3) is 0 Å². The number of hydrogen-bond donors (Lipinski definition) is 1. The van der Waals surface area contributed by atoms with Gasteiger partial charge in [0.05, 0.1) is 0 Å². The van der Waals surface area contributed by atoms with Crippen LogP contribution in [0.3, 0.4) is 0 Å². The van der Waals surface area contributed by atoms with E-state index in [2.05, 4.69) is 9.97 Å². The third kappa shape index (κ3) is 2.58. The fourth-order valence-corrected chi connectivity index (χ4v) is 2.65. The highest BCUT2D eigenvalue weighted by Gasteiger charge is 2.25. The summed E-state index contributed by atoms with van der Waals surface area (Å²) in [4.78, 5) is 7.94. The molecule has 2 rings (SSSR count). The third-order valence-corrected chi connectivity index (χ3v) is 3.62. The van der Waals surface area contributed by atoms with Crippen molar-refractivity contribution in [1.29, 1.82) is 0 Å². The van der Waals surface area contributed by atoms with Gasteiger partial charge in [0, 0.05) is 17.9 Å². The van der Waals surface area contributed by atoms with Gasteiger partial charge in [-0.25, -0.2) is 4.98 Å². The molecule has 4 heteroatoms. The van der Waals surface area contributed by atoms with Gasteiger partial charge in [-0.2, -0.15) is 0 Å². The number of H-pyrrole nitrogens is 1. The predicted octanol–water partition coefficient (Wildman–Crippen LogP) is 3.29. The topological polar surface area (TPSA) is 37.9 Å². The summed E-state index contributed by atoms with van der Waals surface area (Å²) in [5.41, 5.74) is 2.11. The van der Waals surface area contributed by atoms with Crippen LogP contribution in [0.1, 0.15) is 50.7 Å². The van der Waals surface area contributed by atoms with E-state index in [0.29, 0.717) is 6.61 Å². The summed E-state index contributed by atoms with van der Waals surface area (Å²) in [6.45, 7) is 6.72. The number of nitrogens with zero attached hydrogens (tertiary/aromatic N) is 1. The van der Waals surface area contributed by atoms with Crippen LogP contribution in [0, 0.1) is 4.64 Å². The van der Waals surface area contributed by atoms with E-state index in [1.54, 1.807) is 0 Å². The summed E-state index contributed by atoms with van der Waals surface area (Å²) < 4.78 is 6.47. The molecular formula is C13H20N2OS. The molecule has 1 heterocycles. The van der Waals surface area contributed by atoms with Gasteiger partial charge in [0.15, 0.2) is 0 Å². The van der Waals surface area contributed by atoms with Gasteiger partial charge in [-0.15, -0.1) is 0 Å². The van der Waals surface area contributed by atoms with Crippen LogP contribution in [0.4, 0.5) is 0 Å². The lowest BCUT2D eigenvalue weighted by Gasteiger charge is -2.26. The molecule has 1 N–H and O–H groups in total.